The van der Waals surface area contributed by atoms with Crippen molar-refractivity contribution in [1.82, 2.24) is 0 Å². The molecule has 0 aromatic heterocycles. The highest BCUT2D eigenvalue weighted by Crippen LogP contribution is 2.27. The first-order valence-corrected chi connectivity index (χ1v) is 14.0. The van der Waals surface area contributed by atoms with Crippen molar-refractivity contribution < 1.29 is 46.8 Å². The summed E-state index contributed by atoms with van der Waals surface area (Å²) in [4.78, 5) is 22.4. The van der Waals surface area contributed by atoms with Crippen LogP contribution < -0.4 is 9.47 Å². The molecule has 0 heterocycles. The Morgan fingerprint density at radius 2 is 1.24 bits per heavy atom. The third-order valence-corrected chi connectivity index (χ3v) is 7.08. The normalized spacial score (nSPS) is 11.6. The molecule has 0 aliphatic rings. The Labute approximate surface area is 257 Å². The minimum Gasteiger partial charge on any atom is -0.488 e. The Morgan fingerprint density at radius 3 is 1.73 bits per heavy atom. The molecule has 0 aliphatic heterocycles. The number of aryl methyl sites for hydroxylation is 2. The molecular formula is C35H30F4O6. The van der Waals surface area contributed by atoms with E-state index in [1.54, 1.807) is 54.6 Å². The van der Waals surface area contributed by atoms with Crippen LogP contribution in [0.25, 0.3) is 6.08 Å². The van der Waals surface area contributed by atoms with Crippen LogP contribution in [-0.2, 0) is 19.4 Å². The van der Waals surface area contributed by atoms with Gasteiger partial charge in [-0.3, -0.25) is 0 Å². The third kappa shape index (κ3) is 10.5. The van der Waals surface area contributed by atoms with Crippen LogP contribution >= 0.6 is 0 Å². The van der Waals surface area contributed by atoms with Gasteiger partial charge in [-0.2, -0.15) is 0 Å². The maximum Gasteiger partial charge on any atom is 0.573 e. The van der Waals surface area contributed by atoms with Crippen molar-refractivity contribution in [3.8, 4) is 11.5 Å². The summed E-state index contributed by atoms with van der Waals surface area (Å²) in [5.41, 5.74) is 3.39. The summed E-state index contributed by atoms with van der Waals surface area (Å²) in [5.74, 6) is -2.42. The largest absolute Gasteiger partial charge is 0.573 e. The van der Waals surface area contributed by atoms with Gasteiger partial charge in [-0.15, -0.1) is 13.2 Å². The summed E-state index contributed by atoms with van der Waals surface area (Å²) in [6.45, 7) is 0.0286. The number of carboxylic acid groups (broad SMARTS) is 2. The molecule has 0 atom stereocenters. The molecule has 4 rings (SSSR count). The van der Waals surface area contributed by atoms with Crippen LogP contribution in [0, 0.1) is 11.7 Å². The summed E-state index contributed by atoms with van der Waals surface area (Å²) in [6.07, 6.45) is 1.66. The Bertz CT molecular complexity index is 1550. The average molecular weight is 623 g/mol. The van der Waals surface area contributed by atoms with Gasteiger partial charge < -0.3 is 19.7 Å². The minimum atomic E-state index is -4.79. The lowest BCUT2D eigenvalue weighted by atomic mass is 9.91. The van der Waals surface area contributed by atoms with Gasteiger partial charge in [-0.1, -0.05) is 48.6 Å². The summed E-state index contributed by atoms with van der Waals surface area (Å²) in [6, 6.07) is 22.7. The maximum absolute atomic E-state index is 14.3. The SMILES string of the molecule is O=C(O)c1ccc(CCC(/C=C/c2cc(F)ccc2OCc2ccc(OC(F)(F)F)cc2)CCc2ccc(C(=O)O)cc2)cc1. The molecule has 0 spiro atoms. The lowest BCUT2D eigenvalue weighted by Gasteiger charge is -2.15. The lowest BCUT2D eigenvalue weighted by molar-refractivity contribution is -0.274. The van der Waals surface area contributed by atoms with E-state index in [9.17, 15) is 27.2 Å². The van der Waals surface area contributed by atoms with E-state index >= 15 is 0 Å². The standard InChI is InChI=1S/C35H30F4O6/c36-30-17-20-32(44-22-26-10-18-31(19-11-26)45-35(37,38)39)29(21-30)16-9-23(1-3-24-5-12-27(13-6-24)33(40)41)2-4-25-7-14-28(15-8-25)34(42)43/h5-21,23H,1-4,22H2,(H,40,41)(H,42,43)/b16-9+. The van der Waals surface area contributed by atoms with Crippen LogP contribution in [0.1, 0.15) is 55.8 Å². The first-order chi connectivity index (χ1) is 21.4. The molecule has 234 valence electrons. The van der Waals surface area contributed by atoms with E-state index < -0.39 is 24.1 Å². The highest BCUT2D eigenvalue weighted by Gasteiger charge is 2.31. The molecule has 0 fully saturated rings. The predicted octanol–water partition coefficient (Wildman–Crippen LogP) is 8.59. The zero-order valence-electron chi connectivity index (χ0n) is 24.0. The molecule has 4 aromatic rings. The second kappa shape index (κ2) is 15.1. The minimum absolute atomic E-state index is 0.0144. The molecular weight excluding hydrogens is 592 g/mol. The first kappa shape index (κ1) is 32.8. The van der Waals surface area contributed by atoms with Crippen LogP contribution in [0.4, 0.5) is 17.6 Å². The van der Waals surface area contributed by atoms with Gasteiger partial charge in [-0.05, 0) is 103 Å². The first-order valence-electron chi connectivity index (χ1n) is 14.0. The molecule has 0 saturated carbocycles. The van der Waals surface area contributed by atoms with Crippen molar-refractivity contribution in [2.45, 2.75) is 38.7 Å². The predicted molar refractivity (Wildman–Crippen MR) is 160 cm³/mol. The molecule has 0 bridgehead atoms. The van der Waals surface area contributed by atoms with Gasteiger partial charge >= 0.3 is 18.3 Å². The van der Waals surface area contributed by atoms with Gasteiger partial charge in [-0.25, -0.2) is 14.0 Å². The van der Waals surface area contributed by atoms with Gasteiger partial charge in [0.1, 0.15) is 23.9 Å². The average Bonchev–Trinajstić information content (AvgIpc) is 3.00. The zero-order chi connectivity index (χ0) is 32.4. The third-order valence-electron chi connectivity index (χ3n) is 7.08. The molecule has 2 N–H and O–H groups in total. The number of carbonyl (C=O) groups is 2. The van der Waals surface area contributed by atoms with Gasteiger partial charge in [0.2, 0.25) is 0 Å². The number of aromatic carboxylic acids is 2. The fourth-order valence-electron chi connectivity index (χ4n) is 4.64. The summed E-state index contributed by atoms with van der Waals surface area (Å²) in [5, 5.41) is 18.3. The smallest absolute Gasteiger partial charge is 0.488 e. The summed E-state index contributed by atoms with van der Waals surface area (Å²) in [7, 11) is 0. The molecule has 45 heavy (non-hydrogen) atoms. The highest BCUT2D eigenvalue weighted by molar-refractivity contribution is 5.88. The number of benzene rings is 4. The number of rotatable bonds is 14. The lowest BCUT2D eigenvalue weighted by Crippen LogP contribution is -2.17. The van der Waals surface area contributed by atoms with Crippen LogP contribution in [-0.4, -0.2) is 28.5 Å². The van der Waals surface area contributed by atoms with Crippen LogP contribution in [0.15, 0.2) is 97.1 Å². The van der Waals surface area contributed by atoms with Gasteiger partial charge in [0.05, 0.1) is 11.1 Å². The number of halogens is 4. The monoisotopic (exact) mass is 622 g/mol. The van der Waals surface area contributed by atoms with Crippen molar-refractivity contribution in [3.05, 3.63) is 136 Å². The van der Waals surface area contributed by atoms with E-state index in [1.165, 1.54) is 42.5 Å². The number of allylic oxidation sites excluding steroid dienone is 1. The summed E-state index contributed by atoms with van der Waals surface area (Å²) >= 11 is 0. The van der Waals surface area contributed by atoms with Crippen molar-refractivity contribution in [2.24, 2.45) is 5.92 Å². The molecule has 10 heteroatoms. The molecule has 6 nitrogen and oxygen atoms in total. The quantitative estimate of drug-likeness (QED) is 0.137. The number of ether oxygens (including phenoxy) is 2. The molecule has 0 radical (unpaired) electrons. The number of carboxylic acids is 2. The molecule has 0 amide bonds. The number of hydrogen-bond donors (Lipinski definition) is 2. The second-order valence-corrected chi connectivity index (χ2v) is 10.4. The number of hydrogen-bond acceptors (Lipinski definition) is 4. The topological polar surface area (TPSA) is 93.1 Å². The fourth-order valence-corrected chi connectivity index (χ4v) is 4.64. The Morgan fingerprint density at radius 1 is 0.733 bits per heavy atom. The Balaban J connectivity index is 1.47. The van der Waals surface area contributed by atoms with E-state index in [4.69, 9.17) is 14.9 Å². The van der Waals surface area contributed by atoms with Crippen molar-refractivity contribution in [2.75, 3.05) is 0 Å². The van der Waals surface area contributed by atoms with Crippen LogP contribution in [0.3, 0.4) is 0 Å². The van der Waals surface area contributed by atoms with E-state index in [-0.39, 0.29) is 29.4 Å². The molecule has 0 unspecified atom stereocenters. The fraction of sp³-hybridized carbons (Fsp3) is 0.200. The van der Waals surface area contributed by atoms with Crippen LogP contribution in [0.5, 0.6) is 11.5 Å². The van der Waals surface area contributed by atoms with Gasteiger partial charge in [0, 0.05) is 5.56 Å². The van der Waals surface area contributed by atoms with Crippen molar-refractivity contribution >= 4 is 18.0 Å². The van der Waals surface area contributed by atoms with E-state index in [2.05, 4.69) is 4.74 Å². The molecule has 0 saturated heterocycles. The zero-order valence-corrected chi connectivity index (χ0v) is 24.0. The van der Waals surface area contributed by atoms with Crippen molar-refractivity contribution in [1.29, 1.82) is 0 Å². The molecule has 0 aliphatic carbocycles. The summed E-state index contributed by atoms with van der Waals surface area (Å²) < 4.78 is 61.4. The Hall–Kier alpha value is -5.12. The second-order valence-electron chi connectivity index (χ2n) is 10.4. The van der Waals surface area contributed by atoms with E-state index in [0.29, 0.717) is 42.6 Å². The Kier molecular flexibility index (Phi) is 11.0. The van der Waals surface area contributed by atoms with Gasteiger partial charge in [0.25, 0.3) is 0 Å². The van der Waals surface area contributed by atoms with Crippen molar-refractivity contribution in [3.63, 3.8) is 0 Å². The number of alkyl halides is 3. The van der Waals surface area contributed by atoms with E-state index in [0.717, 1.165) is 11.1 Å². The van der Waals surface area contributed by atoms with Crippen LogP contribution in [0.2, 0.25) is 0 Å². The highest BCUT2D eigenvalue weighted by atomic mass is 19.4. The maximum atomic E-state index is 14.3. The van der Waals surface area contributed by atoms with E-state index in [1.807, 2.05) is 6.08 Å². The van der Waals surface area contributed by atoms with Gasteiger partial charge in [0.15, 0.2) is 0 Å². The molecule has 4 aromatic carbocycles.